The zero-order valence-electron chi connectivity index (χ0n) is 19.4. The lowest BCUT2D eigenvalue weighted by atomic mass is 9.94. The highest BCUT2D eigenvalue weighted by Gasteiger charge is 2.47. The molecule has 0 radical (unpaired) electrons. The smallest absolute Gasteiger partial charge is 0.300 e. The Labute approximate surface area is 197 Å². The van der Waals surface area contributed by atoms with Crippen molar-refractivity contribution in [3.63, 3.8) is 0 Å². The number of nitrogens with zero attached hydrogens (tertiary/aromatic N) is 1. The molecule has 0 aromatic heterocycles. The van der Waals surface area contributed by atoms with Crippen molar-refractivity contribution < 1.29 is 28.9 Å². The van der Waals surface area contributed by atoms with Gasteiger partial charge in [0.2, 0.25) is 0 Å². The highest BCUT2D eigenvalue weighted by atomic mass is 16.5. The lowest BCUT2D eigenvalue weighted by Gasteiger charge is -2.26. The molecule has 1 unspecified atom stereocenters. The third-order valence-electron chi connectivity index (χ3n) is 5.80. The fourth-order valence-electron chi connectivity index (χ4n) is 4.14. The molecular weight excluding hydrogens is 434 g/mol. The maximum Gasteiger partial charge on any atom is 0.300 e. The molecule has 1 heterocycles. The Kier molecular flexibility index (Phi) is 6.27. The van der Waals surface area contributed by atoms with Gasteiger partial charge >= 0.3 is 0 Å². The molecule has 3 aromatic carbocycles. The summed E-state index contributed by atoms with van der Waals surface area (Å²) in [7, 11) is 4.51. The number of hydrogen-bond donors (Lipinski definition) is 1. The minimum Gasteiger partial charge on any atom is -0.507 e. The van der Waals surface area contributed by atoms with Gasteiger partial charge in [-0.2, -0.15) is 0 Å². The van der Waals surface area contributed by atoms with Crippen molar-refractivity contribution in [3.8, 4) is 17.2 Å². The predicted molar refractivity (Wildman–Crippen MR) is 129 cm³/mol. The van der Waals surface area contributed by atoms with Crippen molar-refractivity contribution in [2.75, 3.05) is 26.2 Å². The van der Waals surface area contributed by atoms with Gasteiger partial charge in [0.1, 0.15) is 23.0 Å². The molecule has 4 rings (SSSR count). The Hall–Kier alpha value is -4.26. The van der Waals surface area contributed by atoms with Crippen LogP contribution in [-0.4, -0.2) is 38.1 Å². The molecule has 1 N–H and O–H groups in total. The average Bonchev–Trinajstić information content (AvgIpc) is 3.13. The first kappa shape index (κ1) is 22.9. The molecule has 1 aliphatic heterocycles. The SMILES string of the molecule is COc1cccc(C2/C(=C(/O)c3ccc(OC)cc3OC)C(=O)C(=O)N2c2cccc(C)c2)c1. The van der Waals surface area contributed by atoms with Gasteiger partial charge in [-0.25, -0.2) is 0 Å². The fourth-order valence-corrected chi connectivity index (χ4v) is 4.14. The van der Waals surface area contributed by atoms with Crippen LogP contribution in [0.3, 0.4) is 0 Å². The first-order chi connectivity index (χ1) is 16.4. The molecule has 174 valence electrons. The van der Waals surface area contributed by atoms with E-state index in [4.69, 9.17) is 14.2 Å². The number of amides is 1. The minimum atomic E-state index is -0.872. The Balaban J connectivity index is 1.98. The summed E-state index contributed by atoms with van der Waals surface area (Å²) in [5, 5.41) is 11.4. The number of Topliss-reactive ketones (excluding diaryl/α,β-unsaturated/α-hetero) is 1. The van der Waals surface area contributed by atoms with Crippen LogP contribution in [0.25, 0.3) is 5.76 Å². The molecular formula is C27H25NO6. The number of carbonyl (C=O) groups is 2. The summed E-state index contributed by atoms with van der Waals surface area (Å²) in [5.41, 5.74) is 2.34. The van der Waals surface area contributed by atoms with E-state index in [9.17, 15) is 14.7 Å². The van der Waals surface area contributed by atoms with Crippen LogP contribution >= 0.6 is 0 Å². The van der Waals surface area contributed by atoms with Crippen LogP contribution in [0.1, 0.15) is 22.7 Å². The molecule has 1 atom stereocenters. The molecule has 7 nitrogen and oxygen atoms in total. The summed E-state index contributed by atoms with van der Waals surface area (Å²) in [6.45, 7) is 1.91. The van der Waals surface area contributed by atoms with E-state index in [1.54, 1.807) is 55.6 Å². The monoisotopic (exact) mass is 459 g/mol. The van der Waals surface area contributed by atoms with Crippen molar-refractivity contribution in [2.24, 2.45) is 0 Å². The van der Waals surface area contributed by atoms with Crippen LogP contribution in [0.4, 0.5) is 5.69 Å². The number of ether oxygens (including phenoxy) is 3. The molecule has 0 spiro atoms. The highest BCUT2D eigenvalue weighted by molar-refractivity contribution is 6.51. The number of anilines is 1. The maximum absolute atomic E-state index is 13.3. The van der Waals surface area contributed by atoms with Gasteiger partial charge in [-0.05, 0) is 54.4 Å². The third-order valence-corrected chi connectivity index (χ3v) is 5.80. The van der Waals surface area contributed by atoms with E-state index in [0.29, 0.717) is 28.5 Å². The molecule has 1 saturated heterocycles. The normalized spacial score (nSPS) is 17.1. The number of methoxy groups -OCH3 is 3. The van der Waals surface area contributed by atoms with E-state index in [1.165, 1.54) is 19.1 Å². The molecule has 0 bridgehead atoms. The van der Waals surface area contributed by atoms with Crippen LogP contribution in [-0.2, 0) is 9.59 Å². The van der Waals surface area contributed by atoms with Gasteiger partial charge in [-0.3, -0.25) is 14.5 Å². The lowest BCUT2D eigenvalue weighted by Crippen LogP contribution is -2.29. The van der Waals surface area contributed by atoms with Gasteiger partial charge in [-0.1, -0.05) is 24.3 Å². The summed E-state index contributed by atoms with van der Waals surface area (Å²) in [5.74, 6) is -0.451. The van der Waals surface area contributed by atoms with E-state index in [1.807, 2.05) is 25.1 Å². The van der Waals surface area contributed by atoms with E-state index < -0.39 is 17.7 Å². The number of ketones is 1. The molecule has 7 heteroatoms. The van der Waals surface area contributed by atoms with E-state index in [0.717, 1.165) is 5.56 Å². The van der Waals surface area contributed by atoms with Crippen molar-refractivity contribution in [1.82, 2.24) is 0 Å². The van der Waals surface area contributed by atoms with Gasteiger partial charge < -0.3 is 19.3 Å². The van der Waals surface area contributed by atoms with Gasteiger partial charge in [0.25, 0.3) is 11.7 Å². The maximum atomic E-state index is 13.3. The van der Waals surface area contributed by atoms with Crippen molar-refractivity contribution in [3.05, 3.63) is 89.0 Å². The molecule has 0 aliphatic carbocycles. The second kappa shape index (κ2) is 9.31. The summed E-state index contributed by atoms with van der Waals surface area (Å²) in [4.78, 5) is 28.1. The predicted octanol–water partition coefficient (Wildman–Crippen LogP) is 4.65. The first-order valence-electron chi connectivity index (χ1n) is 10.6. The highest BCUT2D eigenvalue weighted by Crippen LogP contribution is 2.44. The minimum absolute atomic E-state index is 0.0387. The van der Waals surface area contributed by atoms with Gasteiger partial charge in [-0.15, -0.1) is 0 Å². The zero-order chi connectivity index (χ0) is 24.4. The van der Waals surface area contributed by atoms with E-state index in [-0.39, 0.29) is 16.9 Å². The summed E-state index contributed by atoms with van der Waals surface area (Å²) < 4.78 is 16.0. The summed E-state index contributed by atoms with van der Waals surface area (Å²) >= 11 is 0. The molecule has 1 fully saturated rings. The standard InChI is InChI=1S/C27H25NO6/c1-16-7-5-9-18(13-16)28-24(17-8-6-10-19(14-17)32-2)23(26(30)27(28)31)25(29)21-12-11-20(33-3)15-22(21)34-4/h5-15,24,29H,1-4H3/b25-23-. The average molecular weight is 459 g/mol. The second-order valence-corrected chi connectivity index (χ2v) is 7.85. The van der Waals surface area contributed by atoms with Crippen LogP contribution < -0.4 is 19.1 Å². The van der Waals surface area contributed by atoms with Crippen LogP contribution in [0, 0.1) is 6.92 Å². The van der Waals surface area contributed by atoms with Gasteiger partial charge in [0.15, 0.2) is 0 Å². The third kappa shape index (κ3) is 3.96. The van der Waals surface area contributed by atoms with Crippen LogP contribution in [0.15, 0.2) is 72.3 Å². The van der Waals surface area contributed by atoms with Crippen molar-refractivity contribution in [2.45, 2.75) is 13.0 Å². The van der Waals surface area contributed by atoms with Crippen molar-refractivity contribution >= 4 is 23.1 Å². The topological polar surface area (TPSA) is 85.3 Å². The number of aliphatic hydroxyl groups is 1. The van der Waals surface area contributed by atoms with Crippen molar-refractivity contribution in [1.29, 1.82) is 0 Å². The molecule has 0 saturated carbocycles. The number of hydrogen-bond acceptors (Lipinski definition) is 6. The number of benzene rings is 3. The van der Waals surface area contributed by atoms with Gasteiger partial charge in [0.05, 0.1) is 38.5 Å². The second-order valence-electron chi connectivity index (χ2n) is 7.85. The van der Waals surface area contributed by atoms with E-state index >= 15 is 0 Å². The Morgan fingerprint density at radius 1 is 0.853 bits per heavy atom. The quantitative estimate of drug-likeness (QED) is 0.328. The number of rotatable bonds is 6. The number of aliphatic hydroxyl groups excluding tert-OH is 1. The van der Waals surface area contributed by atoms with E-state index in [2.05, 4.69) is 0 Å². The van der Waals surface area contributed by atoms with Crippen LogP contribution in [0.5, 0.6) is 17.2 Å². The Bertz CT molecular complexity index is 1300. The summed E-state index contributed by atoms with van der Waals surface area (Å²) in [6.07, 6.45) is 0. The summed E-state index contributed by atoms with van der Waals surface area (Å²) in [6, 6.07) is 18.4. The zero-order valence-corrected chi connectivity index (χ0v) is 19.4. The molecule has 3 aromatic rings. The Morgan fingerprint density at radius 3 is 2.24 bits per heavy atom. The number of carbonyl (C=O) groups excluding carboxylic acids is 2. The van der Waals surface area contributed by atoms with Gasteiger partial charge in [0, 0.05) is 11.8 Å². The lowest BCUT2D eigenvalue weighted by molar-refractivity contribution is -0.132. The Morgan fingerprint density at radius 2 is 1.56 bits per heavy atom. The van der Waals surface area contributed by atoms with Crippen LogP contribution in [0.2, 0.25) is 0 Å². The molecule has 34 heavy (non-hydrogen) atoms. The first-order valence-corrected chi connectivity index (χ1v) is 10.6. The fraction of sp³-hybridized carbons (Fsp3) is 0.185. The number of aryl methyl sites for hydroxylation is 1. The molecule has 1 amide bonds. The largest absolute Gasteiger partial charge is 0.507 e. The molecule has 1 aliphatic rings.